The van der Waals surface area contributed by atoms with Crippen LogP contribution in [0.1, 0.15) is 25.3 Å². The third kappa shape index (κ3) is 2.70. The van der Waals surface area contributed by atoms with E-state index in [1.807, 2.05) is 13.0 Å². The van der Waals surface area contributed by atoms with Crippen LogP contribution in [0.15, 0.2) is 18.2 Å². The number of carbonyl (C=O) groups excluding carboxylic acids is 1. The van der Waals surface area contributed by atoms with Gasteiger partial charge in [0.05, 0.1) is 5.69 Å². The van der Waals surface area contributed by atoms with Crippen molar-refractivity contribution in [3.05, 3.63) is 23.8 Å². The van der Waals surface area contributed by atoms with Crippen molar-refractivity contribution < 1.29 is 9.90 Å². The number of hydrogen-bond acceptors (Lipinski definition) is 3. The van der Waals surface area contributed by atoms with Gasteiger partial charge in [-0.25, -0.2) is 0 Å². The van der Waals surface area contributed by atoms with Gasteiger partial charge in [0.25, 0.3) is 0 Å². The maximum absolute atomic E-state index is 11.0. The molecule has 0 aliphatic carbocycles. The van der Waals surface area contributed by atoms with Crippen LogP contribution in [0.3, 0.4) is 0 Å². The van der Waals surface area contributed by atoms with Crippen molar-refractivity contribution in [2.45, 2.75) is 19.8 Å². The minimum atomic E-state index is -0.207. The van der Waals surface area contributed by atoms with E-state index in [2.05, 4.69) is 5.32 Å². The van der Waals surface area contributed by atoms with E-state index in [4.69, 9.17) is 5.73 Å². The molecule has 0 aliphatic rings. The molecule has 1 unspecified atom stereocenters. The van der Waals surface area contributed by atoms with Gasteiger partial charge >= 0.3 is 0 Å². The molecule has 1 aromatic rings. The molecule has 0 spiro atoms. The average molecular weight is 208 g/mol. The van der Waals surface area contributed by atoms with Crippen LogP contribution < -0.4 is 11.1 Å². The zero-order valence-corrected chi connectivity index (χ0v) is 8.95. The molecule has 0 fully saturated rings. The Balaban J connectivity index is 3.13. The van der Waals surface area contributed by atoms with Gasteiger partial charge in [0.2, 0.25) is 5.91 Å². The molecule has 0 saturated heterocycles. The van der Waals surface area contributed by atoms with E-state index in [-0.39, 0.29) is 17.6 Å². The fourth-order valence-corrected chi connectivity index (χ4v) is 1.41. The van der Waals surface area contributed by atoms with Crippen LogP contribution in [0.25, 0.3) is 0 Å². The molecule has 4 N–H and O–H groups in total. The Morgan fingerprint density at radius 1 is 1.60 bits per heavy atom. The largest absolute Gasteiger partial charge is 0.506 e. The Kier molecular flexibility index (Phi) is 3.68. The van der Waals surface area contributed by atoms with Crippen molar-refractivity contribution in [2.24, 2.45) is 5.73 Å². The summed E-state index contributed by atoms with van der Waals surface area (Å²) < 4.78 is 0. The Labute approximate surface area is 89.1 Å². The Bertz CT molecular complexity index is 364. The highest BCUT2D eigenvalue weighted by molar-refractivity contribution is 5.91. The molecule has 4 nitrogen and oxygen atoms in total. The van der Waals surface area contributed by atoms with Crippen LogP contribution in [0.4, 0.5) is 5.69 Å². The Hall–Kier alpha value is -1.55. The van der Waals surface area contributed by atoms with E-state index in [0.717, 1.165) is 5.56 Å². The van der Waals surface area contributed by atoms with Gasteiger partial charge in [-0.3, -0.25) is 4.79 Å². The molecule has 4 heteroatoms. The first kappa shape index (κ1) is 11.5. The summed E-state index contributed by atoms with van der Waals surface area (Å²) in [6.45, 7) is 3.82. The summed E-state index contributed by atoms with van der Waals surface area (Å²) in [5, 5.41) is 12.2. The highest BCUT2D eigenvalue weighted by atomic mass is 16.3. The summed E-state index contributed by atoms with van der Waals surface area (Å²) >= 11 is 0. The van der Waals surface area contributed by atoms with Gasteiger partial charge in [0.15, 0.2) is 0 Å². The predicted molar refractivity (Wildman–Crippen MR) is 59.9 cm³/mol. The molecule has 82 valence electrons. The molecular formula is C11H16N2O2. The van der Waals surface area contributed by atoms with Crippen molar-refractivity contribution in [2.75, 3.05) is 11.9 Å². The zero-order valence-electron chi connectivity index (χ0n) is 8.95. The topological polar surface area (TPSA) is 75.3 Å². The number of phenolic OH excluding ortho intramolecular Hbond substituents is 1. The van der Waals surface area contributed by atoms with Crippen LogP contribution in [-0.4, -0.2) is 17.6 Å². The van der Waals surface area contributed by atoms with Crippen molar-refractivity contribution in [3.63, 3.8) is 0 Å². The second-order valence-corrected chi connectivity index (χ2v) is 3.56. The first-order valence-electron chi connectivity index (χ1n) is 4.85. The van der Waals surface area contributed by atoms with Crippen molar-refractivity contribution in [1.82, 2.24) is 0 Å². The lowest BCUT2D eigenvalue weighted by atomic mass is 9.99. The molecule has 1 atom stereocenters. The van der Waals surface area contributed by atoms with Crippen LogP contribution in [0.5, 0.6) is 5.75 Å². The number of hydrogen-bond donors (Lipinski definition) is 3. The highest BCUT2D eigenvalue weighted by Gasteiger charge is 2.13. The van der Waals surface area contributed by atoms with Crippen molar-refractivity contribution in [3.8, 4) is 5.75 Å². The van der Waals surface area contributed by atoms with Gasteiger partial charge in [0, 0.05) is 6.92 Å². The van der Waals surface area contributed by atoms with Crippen molar-refractivity contribution in [1.29, 1.82) is 0 Å². The maximum atomic E-state index is 11.0. The van der Waals surface area contributed by atoms with E-state index in [9.17, 15) is 9.90 Å². The summed E-state index contributed by atoms with van der Waals surface area (Å²) in [6, 6.07) is 5.13. The number of nitrogens with two attached hydrogens (primary N) is 1. The third-order valence-corrected chi connectivity index (χ3v) is 2.26. The molecule has 0 bridgehead atoms. The number of anilines is 1. The number of amides is 1. The summed E-state index contributed by atoms with van der Waals surface area (Å²) in [5.41, 5.74) is 6.87. The van der Waals surface area contributed by atoms with E-state index in [1.54, 1.807) is 6.07 Å². The van der Waals surface area contributed by atoms with Crippen molar-refractivity contribution >= 4 is 11.6 Å². The molecule has 1 amide bonds. The minimum Gasteiger partial charge on any atom is -0.506 e. The average Bonchev–Trinajstić information content (AvgIpc) is 2.19. The fraction of sp³-hybridized carbons (Fsp3) is 0.364. The number of nitrogens with one attached hydrogen (secondary N) is 1. The smallest absolute Gasteiger partial charge is 0.221 e. The lowest BCUT2D eigenvalue weighted by Gasteiger charge is -2.16. The van der Waals surface area contributed by atoms with E-state index in [0.29, 0.717) is 12.2 Å². The van der Waals surface area contributed by atoms with Crippen LogP contribution in [0, 0.1) is 0 Å². The summed E-state index contributed by atoms with van der Waals surface area (Å²) in [6.07, 6.45) is 0. The number of aromatic hydroxyl groups is 1. The Morgan fingerprint density at radius 3 is 2.80 bits per heavy atom. The van der Waals surface area contributed by atoms with Gasteiger partial charge in [-0.05, 0) is 24.1 Å². The normalized spacial score (nSPS) is 12.2. The molecule has 0 radical (unpaired) electrons. The van der Waals surface area contributed by atoms with E-state index >= 15 is 0 Å². The van der Waals surface area contributed by atoms with Gasteiger partial charge in [0.1, 0.15) is 5.75 Å². The summed E-state index contributed by atoms with van der Waals surface area (Å²) in [5.74, 6) is -0.0380. The molecule has 0 heterocycles. The number of rotatable bonds is 3. The molecule has 1 aromatic carbocycles. The SMILES string of the molecule is CC(=O)Nc1c(O)cccc1C(C)CN. The second-order valence-electron chi connectivity index (χ2n) is 3.56. The van der Waals surface area contributed by atoms with Gasteiger partial charge < -0.3 is 16.2 Å². The third-order valence-electron chi connectivity index (χ3n) is 2.26. The lowest BCUT2D eigenvalue weighted by Crippen LogP contribution is -2.14. The zero-order chi connectivity index (χ0) is 11.4. The predicted octanol–water partition coefficient (Wildman–Crippen LogP) is 1.41. The van der Waals surface area contributed by atoms with Crippen LogP contribution >= 0.6 is 0 Å². The van der Waals surface area contributed by atoms with E-state index < -0.39 is 0 Å². The Morgan fingerprint density at radius 2 is 2.27 bits per heavy atom. The quantitative estimate of drug-likeness (QED) is 0.657. The number of carbonyl (C=O) groups is 1. The first-order chi connectivity index (χ1) is 7.06. The molecule has 15 heavy (non-hydrogen) atoms. The fourth-order valence-electron chi connectivity index (χ4n) is 1.41. The molecule has 0 aliphatic heterocycles. The van der Waals surface area contributed by atoms with Gasteiger partial charge in [-0.1, -0.05) is 19.1 Å². The molecular weight excluding hydrogens is 192 g/mol. The van der Waals surface area contributed by atoms with Gasteiger partial charge in [-0.2, -0.15) is 0 Å². The minimum absolute atomic E-state index is 0.0722. The maximum Gasteiger partial charge on any atom is 0.221 e. The number of phenols is 1. The number of para-hydroxylation sites is 1. The van der Waals surface area contributed by atoms with E-state index in [1.165, 1.54) is 13.0 Å². The first-order valence-corrected chi connectivity index (χ1v) is 4.85. The lowest BCUT2D eigenvalue weighted by molar-refractivity contribution is -0.114. The molecule has 0 aromatic heterocycles. The molecule has 1 rings (SSSR count). The number of benzene rings is 1. The second kappa shape index (κ2) is 4.79. The summed E-state index contributed by atoms with van der Waals surface area (Å²) in [4.78, 5) is 11.0. The van der Waals surface area contributed by atoms with Gasteiger partial charge in [-0.15, -0.1) is 0 Å². The standard InChI is InChI=1S/C11H16N2O2/c1-7(6-12)9-4-3-5-10(15)11(9)13-8(2)14/h3-5,7,15H,6,12H2,1-2H3,(H,13,14). The van der Waals surface area contributed by atoms with Crippen LogP contribution in [0.2, 0.25) is 0 Å². The highest BCUT2D eigenvalue weighted by Crippen LogP contribution is 2.31. The monoisotopic (exact) mass is 208 g/mol. The van der Waals surface area contributed by atoms with Crippen LogP contribution in [-0.2, 0) is 4.79 Å². The molecule has 0 saturated carbocycles. The summed E-state index contributed by atoms with van der Waals surface area (Å²) in [7, 11) is 0.